The molecular weight excluding hydrogens is 352 g/mol. The molecule has 0 aliphatic carbocycles. The van der Waals surface area contributed by atoms with E-state index in [4.69, 9.17) is 18.9 Å². The Kier molecular flexibility index (Phi) is 6.10. The lowest BCUT2D eigenvalue weighted by molar-refractivity contribution is -0.264. The Balaban J connectivity index is 0.00000210. The largest absolute Gasteiger partial charge is 0.412 e. The number of ketones is 2. The fourth-order valence-corrected chi connectivity index (χ4v) is 3.03. The van der Waals surface area contributed by atoms with Crippen molar-refractivity contribution >= 4 is 11.6 Å². The van der Waals surface area contributed by atoms with E-state index in [0.717, 1.165) is 11.1 Å². The molecule has 0 aromatic heterocycles. The minimum atomic E-state index is -1.02. The Labute approximate surface area is 156 Å². The Bertz CT molecular complexity index is 710. The number of rotatable bonds is 3. The molecule has 2 fully saturated rings. The molecule has 7 heteroatoms. The fourth-order valence-electron chi connectivity index (χ4n) is 3.03. The van der Waals surface area contributed by atoms with E-state index in [2.05, 4.69) is 0 Å². The zero-order valence-corrected chi connectivity index (χ0v) is 14.4. The SMILES string of the molecule is O.O=C1COC(c2ccccc2)O[C@H]1[C@@H]1OC(c2ccccc2)OCC1=O. The highest BCUT2D eigenvalue weighted by Crippen LogP contribution is 2.32. The van der Waals surface area contributed by atoms with Gasteiger partial charge in [-0.05, 0) is 0 Å². The van der Waals surface area contributed by atoms with E-state index in [0.29, 0.717) is 0 Å². The second-order valence-corrected chi connectivity index (χ2v) is 6.15. The average Bonchev–Trinajstić information content (AvgIpc) is 2.70. The average molecular weight is 372 g/mol. The highest BCUT2D eigenvalue weighted by molar-refractivity contribution is 5.94. The van der Waals surface area contributed by atoms with Crippen LogP contribution in [-0.2, 0) is 28.5 Å². The Morgan fingerprint density at radius 1 is 0.630 bits per heavy atom. The molecule has 0 radical (unpaired) electrons. The Morgan fingerprint density at radius 3 is 1.37 bits per heavy atom. The molecule has 2 aromatic rings. The molecule has 27 heavy (non-hydrogen) atoms. The highest BCUT2D eigenvalue weighted by atomic mass is 16.7. The second-order valence-electron chi connectivity index (χ2n) is 6.15. The zero-order valence-electron chi connectivity index (χ0n) is 14.4. The lowest BCUT2D eigenvalue weighted by Crippen LogP contribution is -2.52. The molecule has 0 spiro atoms. The molecule has 142 valence electrons. The predicted octanol–water partition coefficient (Wildman–Crippen LogP) is 1.53. The van der Waals surface area contributed by atoms with E-state index >= 15 is 0 Å². The van der Waals surface area contributed by atoms with Crippen LogP contribution in [0.4, 0.5) is 0 Å². The summed E-state index contributed by atoms with van der Waals surface area (Å²) in [6.07, 6.45) is -3.46. The predicted molar refractivity (Wildman–Crippen MR) is 93.6 cm³/mol. The maximum absolute atomic E-state index is 12.3. The van der Waals surface area contributed by atoms with Crippen LogP contribution < -0.4 is 0 Å². The third kappa shape index (κ3) is 4.13. The first-order valence-electron chi connectivity index (χ1n) is 8.42. The molecule has 4 rings (SSSR count). The van der Waals surface area contributed by atoms with E-state index in [1.165, 1.54) is 0 Å². The van der Waals surface area contributed by atoms with Crippen molar-refractivity contribution in [2.45, 2.75) is 24.8 Å². The van der Waals surface area contributed by atoms with Gasteiger partial charge < -0.3 is 24.4 Å². The second kappa shape index (κ2) is 8.51. The third-order valence-corrected chi connectivity index (χ3v) is 4.35. The third-order valence-electron chi connectivity index (χ3n) is 4.35. The molecule has 2 heterocycles. The van der Waals surface area contributed by atoms with Gasteiger partial charge in [-0.3, -0.25) is 9.59 Å². The Hall–Kier alpha value is -2.42. The van der Waals surface area contributed by atoms with E-state index in [1.54, 1.807) is 0 Å². The van der Waals surface area contributed by atoms with Crippen LogP contribution in [0.25, 0.3) is 0 Å². The van der Waals surface area contributed by atoms with Gasteiger partial charge in [-0.1, -0.05) is 60.7 Å². The summed E-state index contributed by atoms with van der Waals surface area (Å²) in [5, 5.41) is 0. The molecule has 0 saturated carbocycles. The van der Waals surface area contributed by atoms with Gasteiger partial charge in [0.1, 0.15) is 13.2 Å². The molecule has 4 atom stereocenters. The van der Waals surface area contributed by atoms with Crippen LogP contribution in [-0.4, -0.2) is 42.5 Å². The number of hydrogen-bond acceptors (Lipinski definition) is 6. The maximum Gasteiger partial charge on any atom is 0.190 e. The van der Waals surface area contributed by atoms with E-state index in [1.807, 2.05) is 60.7 Å². The van der Waals surface area contributed by atoms with Crippen molar-refractivity contribution in [3.63, 3.8) is 0 Å². The molecule has 7 nitrogen and oxygen atoms in total. The zero-order chi connectivity index (χ0) is 17.9. The molecule has 2 unspecified atom stereocenters. The standard InChI is InChI=1S/C20H18O6.H2O/c21-15-11-23-19(13-7-3-1-4-8-13)25-17(15)18-16(22)12-24-20(26-18)14-9-5-2-6-10-14;/h1-10,17-20H,11-12H2;1H2/t17-,18-,19?,20?;/m1./s1. The fraction of sp³-hybridized carbons (Fsp3) is 0.300. The number of ether oxygens (including phenoxy) is 4. The number of carbonyl (C=O) groups excluding carboxylic acids is 2. The van der Waals surface area contributed by atoms with Gasteiger partial charge >= 0.3 is 0 Å². The normalized spacial score (nSPS) is 28.4. The monoisotopic (exact) mass is 372 g/mol. The summed E-state index contributed by atoms with van der Waals surface area (Å²) in [5.74, 6) is -0.631. The van der Waals surface area contributed by atoms with Crippen molar-refractivity contribution in [3.8, 4) is 0 Å². The molecule has 2 N–H and O–H groups in total. The first-order chi connectivity index (χ1) is 12.7. The summed E-state index contributed by atoms with van der Waals surface area (Å²) < 4.78 is 22.6. The number of benzene rings is 2. The van der Waals surface area contributed by atoms with Crippen molar-refractivity contribution in [2.24, 2.45) is 0 Å². The minimum Gasteiger partial charge on any atom is -0.412 e. The van der Waals surface area contributed by atoms with Gasteiger partial charge in [0.15, 0.2) is 36.4 Å². The smallest absolute Gasteiger partial charge is 0.190 e. The van der Waals surface area contributed by atoms with Crippen molar-refractivity contribution < 1.29 is 34.0 Å². The lowest BCUT2D eigenvalue weighted by Gasteiger charge is -2.37. The summed E-state index contributed by atoms with van der Waals surface area (Å²) in [6.45, 7) is -0.261. The van der Waals surface area contributed by atoms with Gasteiger partial charge in [-0.25, -0.2) is 0 Å². The van der Waals surface area contributed by atoms with Crippen LogP contribution >= 0.6 is 0 Å². The summed E-state index contributed by atoms with van der Waals surface area (Å²) >= 11 is 0. The molecule has 2 saturated heterocycles. The molecule has 2 aliphatic rings. The van der Waals surface area contributed by atoms with Gasteiger partial charge in [-0.2, -0.15) is 0 Å². The first-order valence-corrected chi connectivity index (χ1v) is 8.42. The topological polar surface area (TPSA) is 103 Å². The van der Waals surface area contributed by atoms with Crippen LogP contribution in [0.5, 0.6) is 0 Å². The molecule has 0 amide bonds. The summed E-state index contributed by atoms with van der Waals surface area (Å²) in [6, 6.07) is 18.6. The van der Waals surface area contributed by atoms with Gasteiger partial charge in [0.25, 0.3) is 0 Å². The number of hydrogen-bond donors (Lipinski definition) is 0. The van der Waals surface area contributed by atoms with Gasteiger partial charge in [-0.15, -0.1) is 0 Å². The van der Waals surface area contributed by atoms with Crippen LogP contribution in [0.1, 0.15) is 23.7 Å². The summed E-state index contributed by atoms with van der Waals surface area (Å²) in [4.78, 5) is 24.7. The maximum atomic E-state index is 12.3. The van der Waals surface area contributed by atoms with Crippen LogP contribution in [0.2, 0.25) is 0 Å². The lowest BCUT2D eigenvalue weighted by atomic mass is 10.0. The van der Waals surface area contributed by atoms with E-state index in [-0.39, 0.29) is 30.3 Å². The van der Waals surface area contributed by atoms with Crippen molar-refractivity contribution in [3.05, 3.63) is 71.8 Å². The van der Waals surface area contributed by atoms with E-state index < -0.39 is 24.8 Å². The number of carbonyl (C=O) groups is 2. The molecule has 2 aromatic carbocycles. The minimum absolute atomic E-state index is 0. The van der Waals surface area contributed by atoms with Gasteiger partial charge in [0, 0.05) is 11.1 Å². The first kappa shape index (κ1) is 19.3. The van der Waals surface area contributed by atoms with Crippen LogP contribution in [0.15, 0.2) is 60.7 Å². The molecular formula is C20H20O7. The Morgan fingerprint density at radius 2 is 1.00 bits per heavy atom. The van der Waals surface area contributed by atoms with E-state index in [9.17, 15) is 9.59 Å². The van der Waals surface area contributed by atoms with Gasteiger partial charge in [0.05, 0.1) is 0 Å². The van der Waals surface area contributed by atoms with Crippen molar-refractivity contribution in [1.82, 2.24) is 0 Å². The highest BCUT2D eigenvalue weighted by Gasteiger charge is 2.44. The number of Topliss-reactive ketones (excluding diaryl/α,β-unsaturated/α-hetero) is 2. The van der Waals surface area contributed by atoms with Crippen LogP contribution in [0, 0.1) is 0 Å². The molecule has 2 aliphatic heterocycles. The molecule has 0 bridgehead atoms. The summed E-state index contributed by atoms with van der Waals surface area (Å²) in [7, 11) is 0. The quantitative estimate of drug-likeness (QED) is 0.809. The van der Waals surface area contributed by atoms with Crippen LogP contribution in [0.3, 0.4) is 0 Å². The van der Waals surface area contributed by atoms with Crippen molar-refractivity contribution in [2.75, 3.05) is 13.2 Å². The van der Waals surface area contributed by atoms with Crippen molar-refractivity contribution in [1.29, 1.82) is 0 Å². The summed E-state index contributed by atoms with van der Waals surface area (Å²) in [5.41, 5.74) is 1.56. The van der Waals surface area contributed by atoms with Gasteiger partial charge in [0.2, 0.25) is 0 Å².